The van der Waals surface area contributed by atoms with Gasteiger partial charge in [0.1, 0.15) is 5.75 Å². The predicted octanol–water partition coefficient (Wildman–Crippen LogP) is 1.72. The van der Waals surface area contributed by atoms with Gasteiger partial charge in [-0.2, -0.15) is 0 Å². The molecule has 11 nitrogen and oxygen atoms in total. The van der Waals surface area contributed by atoms with Crippen LogP contribution in [0.25, 0.3) is 0 Å². The Kier molecular flexibility index (Phi) is 11.9. The van der Waals surface area contributed by atoms with Gasteiger partial charge in [-0.1, -0.05) is 53.7 Å². The van der Waals surface area contributed by atoms with Gasteiger partial charge >= 0.3 is 0 Å². The van der Waals surface area contributed by atoms with Crippen LogP contribution in [-0.2, 0) is 39.0 Å². The number of aromatic hydroxyl groups is 1. The summed E-state index contributed by atoms with van der Waals surface area (Å²) in [5.41, 5.74) is -0.497. The Balaban J connectivity index is 0.000000391. The van der Waals surface area contributed by atoms with Crippen LogP contribution in [-0.4, -0.2) is 83.6 Å². The zero-order valence-electron chi connectivity index (χ0n) is 23.3. The van der Waals surface area contributed by atoms with Crippen molar-refractivity contribution in [1.82, 2.24) is 9.80 Å². The third-order valence-corrected chi connectivity index (χ3v) is 6.62. The molecule has 2 radical (unpaired) electrons. The molecule has 0 bridgehead atoms. The summed E-state index contributed by atoms with van der Waals surface area (Å²) < 4.78 is 0. The van der Waals surface area contributed by atoms with E-state index in [0.717, 1.165) is 9.80 Å². The number of phenolic OH excluding ortho intramolecular Hbond substituents is 1. The van der Waals surface area contributed by atoms with E-state index in [2.05, 4.69) is 0 Å². The molecule has 4 amide bonds. The van der Waals surface area contributed by atoms with Gasteiger partial charge in [-0.3, -0.25) is 29.0 Å². The third kappa shape index (κ3) is 7.16. The Morgan fingerprint density at radius 3 is 1.20 bits per heavy atom. The van der Waals surface area contributed by atoms with Gasteiger partial charge in [0.05, 0.1) is 34.3 Å². The molecule has 2 aromatic rings. The molecule has 2 aromatic carbocycles. The number of imide groups is 2. The van der Waals surface area contributed by atoms with Crippen molar-refractivity contribution >= 4 is 23.6 Å². The number of nitrogens with zero attached hydrogens (tertiary/aromatic N) is 2. The maximum absolute atomic E-state index is 12.3. The summed E-state index contributed by atoms with van der Waals surface area (Å²) in [5.74, 6) is -2.29. The van der Waals surface area contributed by atoms with Gasteiger partial charge < -0.3 is 25.5 Å². The fourth-order valence-corrected chi connectivity index (χ4v) is 4.90. The Morgan fingerprint density at radius 1 is 0.561 bits per heavy atom. The second-order valence-corrected chi connectivity index (χ2v) is 11.7. The molecule has 41 heavy (non-hydrogen) atoms. The maximum Gasteiger partial charge on any atom is 0.262 e. The topological polar surface area (TPSA) is 176 Å². The van der Waals surface area contributed by atoms with E-state index in [1.807, 2.05) is 0 Å². The van der Waals surface area contributed by atoms with E-state index in [9.17, 15) is 44.7 Å². The van der Waals surface area contributed by atoms with Crippen LogP contribution in [0.1, 0.15) is 83.0 Å². The summed E-state index contributed by atoms with van der Waals surface area (Å²) in [4.78, 5) is 51.0. The van der Waals surface area contributed by atoms with E-state index in [-0.39, 0.29) is 55.8 Å². The monoisotopic (exact) mass is 748 g/mol. The number of rotatable bonds is 4. The molecule has 2 aliphatic rings. The summed E-state index contributed by atoms with van der Waals surface area (Å²) in [7, 11) is 0. The van der Waals surface area contributed by atoms with E-state index in [1.54, 1.807) is 65.8 Å². The first-order valence-electron chi connectivity index (χ1n) is 12.3. The molecule has 2 atom stereocenters. The van der Waals surface area contributed by atoms with Gasteiger partial charge in [0, 0.05) is 39.0 Å². The molecule has 0 aromatic heterocycles. The van der Waals surface area contributed by atoms with Crippen LogP contribution < -0.4 is 0 Å². The minimum atomic E-state index is -1.84. The van der Waals surface area contributed by atoms with Crippen LogP contribution >= 0.6 is 0 Å². The largest absolute Gasteiger partial charge is 0.508 e. The zero-order valence-corrected chi connectivity index (χ0v) is 26.6. The summed E-state index contributed by atoms with van der Waals surface area (Å²) in [6.07, 6.45) is -3.62. The van der Waals surface area contributed by atoms with E-state index >= 15 is 0 Å². The van der Waals surface area contributed by atoms with Crippen LogP contribution in [0.3, 0.4) is 0 Å². The zero-order chi connectivity index (χ0) is 29.6. The fraction of sp³-hybridized carbons (Fsp3) is 0.429. The molecule has 5 N–H and O–H groups in total. The number of benzene rings is 2. The van der Waals surface area contributed by atoms with Crippen molar-refractivity contribution < 1.29 is 83.7 Å². The number of aliphatic hydroxyl groups excluding tert-OH is 2. The number of phenols is 1. The fourth-order valence-electron chi connectivity index (χ4n) is 4.90. The van der Waals surface area contributed by atoms with Crippen molar-refractivity contribution in [2.75, 3.05) is 0 Å². The van der Waals surface area contributed by atoms with Crippen molar-refractivity contribution in [2.24, 2.45) is 10.8 Å². The number of aliphatic hydroxyl groups is 4. The SMILES string of the molecule is CC(C)(C)[C@@H](C(O)O)N1C(=O)c2ccc(O)cc2C1=O.CC(C)(C)[C@@H](C(O)O)N1C(=O)c2ccccc2C1=O.[Rh].[Rh]. The first-order chi connectivity index (χ1) is 17.9. The molecular formula is C28H34N2O9Rh2. The van der Waals surface area contributed by atoms with Crippen LogP contribution in [0.4, 0.5) is 0 Å². The standard InChI is InChI=1S/C14H17NO5.C14H17NO4.2Rh/c1-14(2,3)10(13(19)20)15-11(17)8-5-4-7(16)6-9(8)12(15)18;1-14(2,3)10(13(18)19)15-11(16)8-6-4-5-7-9(8)12(15)17;;/h4-6,10,13,16,19-20H,1-3H3;4-7,10,13,18-19H,1-3H3;;/t2*10-;;/m11../s1. The number of fused-ring (bicyclic) bond motifs is 2. The Labute approximate surface area is 263 Å². The number of hydrogen-bond acceptors (Lipinski definition) is 9. The first kappa shape index (κ1) is 36.6. The van der Waals surface area contributed by atoms with Gasteiger partial charge in [-0.15, -0.1) is 0 Å². The number of hydrogen-bond donors (Lipinski definition) is 5. The predicted molar refractivity (Wildman–Crippen MR) is 138 cm³/mol. The third-order valence-electron chi connectivity index (χ3n) is 6.62. The van der Waals surface area contributed by atoms with Crippen molar-refractivity contribution in [3.63, 3.8) is 0 Å². The van der Waals surface area contributed by atoms with Gasteiger partial charge in [0.2, 0.25) is 0 Å². The molecule has 2 heterocycles. The van der Waals surface area contributed by atoms with Crippen LogP contribution in [0.5, 0.6) is 5.75 Å². The van der Waals surface area contributed by atoms with Gasteiger partial charge in [0.15, 0.2) is 12.6 Å². The minimum Gasteiger partial charge on any atom is -0.508 e. The maximum atomic E-state index is 12.3. The van der Waals surface area contributed by atoms with Crippen molar-refractivity contribution in [2.45, 2.75) is 66.2 Å². The second kappa shape index (κ2) is 13.3. The Bertz CT molecular complexity index is 1280. The van der Waals surface area contributed by atoms with E-state index in [4.69, 9.17) is 0 Å². The van der Waals surface area contributed by atoms with E-state index in [0.29, 0.717) is 11.1 Å². The van der Waals surface area contributed by atoms with Crippen LogP contribution in [0.15, 0.2) is 42.5 Å². The van der Waals surface area contributed by atoms with Gasteiger partial charge in [-0.05, 0) is 41.2 Å². The molecule has 0 saturated heterocycles. The minimum absolute atomic E-state index is 0. The van der Waals surface area contributed by atoms with Crippen molar-refractivity contribution in [3.05, 3.63) is 64.7 Å². The Hall–Kier alpha value is -2.39. The molecule has 0 spiro atoms. The second-order valence-electron chi connectivity index (χ2n) is 11.7. The van der Waals surface area contributed by atoms with Crippen molar-refractivity contribution in [3.8, 4) is 5.75 Å². The smallest absolute Gasteiger partial charge is 0.262 e. The van der Waals surface area contributed by atoms with E-state index < -0.39 is 59.1 Å². The molecule has 0 aliphatic carbocycles. The van der Waals surface area contributed by atoms with Crippen LogP contribution in [0, 0.1) is 10.8 Å². The number of amides is 4. The van der Waals surface area contributed by atoms with Crippen molar-refractivity contribution in [1.29, 1.82) is 0 Å². The molecule has 0 unspecified atom stereocenters. The molecular weight excluding hydrogens is 714 g/mol. The average Bonchev–Trinajstić information content (AvgIpc) is 3.18. The summed E-state index contributed by atoms with van der Waals surface area (Å²) >= 11 is 0. The quantitative estimate of drug-likeness (QED) is 0.177. The van der Waals surface area contributed by atoms with Crippen LogP contribution in [0.2, 0.25) is 0 Å². The molecule has 2 aliphatic heterocycles. The normalized spacial score (nSPS) is 16.1. The number of carbonyl (C=O) groups excluding carboxylic acids is 4. The van der Waals surface area contributed by atoms with E-state index in [1.165, 1.54) is 18.2 Å². The average molecular weight is 748 g/mol. The van der Waals surface area contributed by atoms with Gasteiger partial charge in [-0.25, -0.2) is 0 Å². The number of carbonyl (C=O) groups is 4. The first-order valence-corrected chi connectivity index (χ1v) is 12.3. The molecule has 13 heteroatoms. The molecule has 4 rings (SSSR count). The molecule has 0 saturated carbocycles. The van der Waals surface area contributed by atoms with Gasteiger partial charge in [0.25, 0.3) is 23.6 Å². The summed E-state index contributed by atoms with van der Waals surface area (Å²) in [6, 6.07) is 8.31. The molecule has 228 valence electrons. The molecule has 0 fully saturated rings. The summed E-state index contributed by atoms with van der Waals surface area (Å²) in [5, 5.41) is 47.6. The summed E-state index contributed by atoms with van der Waals surface area (Å²) in [6.45, 7) is 10.4. The Morgan fingerprint density at radius 2 is 0.878 bits per heavy atom.